The van der Waals surface area contributed by atoms with Gasteiger partial charge in [-0.2, -0.15) is 5.26 Å². The van der Waals surface area contributed by atoms with Crippen molar-refractivity contribution < 1.29 is 28.5 Å². The zero-order valence-corrected chi connectivity index (χ0v) is 20.9. The molecule has 3 atom stereocenters. The Morgan fingerprint density at radius 3 is 2.61 bits per heavy atom. The normalized spacial score (nSPS) is 19.1. The quantitative estimate of drug-likeness (QED) is 0.529. The Bertz CT molecular complexity index is 1080. The predicted molar refractivity (Wildman–Crippen MR) is 131 cm³/mol. The summed E-state index contributed by atoms with van der Waals surface area (Å²) in [5, 5.41) is 15.2. The van der Waals surface area contributed by atoms with Crippen molar-refractivity contribution in [2.75, 3.05) is 20.2 Å². The fraction of sp³-hybridized carbons (Fsp3) is 0.462. The minimum Gasteiger partial charge on any atom is -0.497 e. The number of carbonyl (C=O) groups is 2. The molecular formula is C26H32N4O6. The molecule has 0 radical (unpaired) electrons. The zero-order valence-electron chi connectivity index (χ0n) is 20.9. The lowest BCUT2D eigenvalue weighted by Crippen LogP contribution is -2.43. The third-order valence-electron chi connectivity index (χ3n) is 5.53. The van der Waals surface area contributed by atoms with Gasteiger partial charge >= 0.3 is 12.2 Å². The average molecular weight is 497 g/mol. The third kappa shape index (κ3) is 7.85. The molecule has 1 aromatic heterocycles. The zero-order chi connectivity index (χ0) is 26.1. The van der Waals surface area contributed by atoms with E-state index in [1.807, 2.05) is 24.3 Å². The van der Waals surface area contributed by atoms with Crippen molar-refractivity contribution in [2.24, 2.45) is 0 Å². The minimum atomic E-state index is -0.824. The molecule has 2 aromatic rings. The Hall–Kier alpha value is -3.84. The number of nitriles is 1. The summed E-state index contributed by atoms with van der Waals surface area (Å²) in [6, 6.07) is 11.1. The van der Waals surface area contributed by atoms with Crippen LogP contribution in [0.5, 0.6) is 5.75 Å². The molecular weight excluding hydrogens is 464 g/mol. The summed E-state index contributed by atoms with van der Waals surface area (Å²) < 4.78 is 21.7. The number of amides is 1. The SMILES string of the molecule is COc1ccc(C[C@H]2NC[C@H](OC(=O)OC(C)(C)C)[C@H]2OC(=O)NCCc2ccncc2C#N)cc1. The molecule has 36 heavy (non-hydrogen) atoms. The lowest BCUT2D eigenvalue weighted by atomic mass is 10.0. The van der Waals surface area contributed by atoms with Gasteiger partial charge in [-0.05, 0) is 62.9 Å². The van der Waals surface area contributed by atoms with Crippen LogP contribution in [0.25, 0.3) is 0 Å². The van der Waals surface area contributed by atoms with Crippen molar-refractivity contribution in [1.82, 2.24) is 15.6 Å². The van der Waals surface area contributed by atoms with Crippen LogP contribution in [0.2, 0.25) is 0 Å². The van der Waals surface area contributed by atoms with E-state index in [2.05, 4.69) is 21.7 Å². The second kappa shape index (κ2) is 12.2. The predicted octanol–water partition coefficient (Wildman–Crippen LogP) is 3.13. The Kier molecular flexibility index (Phi) is 9.08. The van der Waals surface area contributed by atoms with Crippen LogP contribution in [0, 0.1) is 11.3 Å². The number of carbonyl (C=O) groups excluding carboxylic acids is 2. The number of aromatic nitrogens is 1. The van der Waals surface area contributed by atoms with Crippen molar-refractivity contribution in [3.63, 3.8) is 0 Å². The first-order chi connectivity index (χ1) is 17.2. The second-order valence-electron chi connectivity index (χ2n) is 9.38. The third-order valence-corrected chi connectivity index (χ3v) is 5.53. The second-order valence-corrected chi connectivity index (χ2v) is 9.38. The highest BCUT2D eigenvalue weighted by Gasteiger charge is 2.42. The lowest BCUT2D eigenvalue weighted by Gasteiger charge is -2.26. The van der Waals surface area contributed by atoms with Gasteiger partial charge in [0.2, 0.25) is 0 Å². The number of ether oxygens (including phenoxy) is 4. The van der Waals surface area contributed by atoms with Gasteiger partial charge in [-0.15, -0.1) is 0 Å². The first kappa shape index (κ1) is 26.8. The van der Waals surface area contributed by atoms with Gasteiger partial charge < -0.3 is 29.6 Å². The summed E-state index contributed by atoms with van der Waals surface area (Å²) in [5.74, 6) is 0.741. The molecule has 10 nitrogen and oxygen atoms in total. The van der Waals surface area contributed by atoms with Crippen LogP contribution >= 0.6 is 0 Å². The number of hydrogen-bond donors (Lipinski definition) is 2. The highest BCUT2D eigenvalue weighted by molar-refractivity contribution is 5.67. The largest absolute Gasteiger partial charge is 0.509 e. The van der Waals surface area contributed by atoms with Crippen LogP contribution in [-0.4, -0.2) is 61.3 Å². The lowest BCUT2D eigenvalue weighted by molar-refractivity contribution is -0.0517. The summed E-state index contributed by atoms with van der Waals surface area (Å²) >= 11 is 0. The summed E-state index contributed by atoms with van der Waals surface area (Å²) in [6.45, 7) is 5.81. The van der Waals surface area contributed by atoms with Gasteiger partial charge in [0.05, 0.1) is 18.7 Å². The number of benzene rings is 1. The monoisotopic (exact) mass is 496 g/mol. The molecule has 0 unspecified atom stereocenters. The molecule has 1 aliphatic rings. The van der Waals surface area contributed by atoms with Crippen molar-refractivity contribution in [2.45, 2.75) is 57.5 Å². The molecule has 1 fully saturated rings. The summed E-state index contributed by atoms with van der Waals surface area (Å²) in [6.07, 6.45) is 1.13. The van der Waals surface area contributed by atoms with Gasteiger partial charge in [-0.3, -0.25) is 4.98 Å². The van der Waals surface area contributed by atoms with E-state index in [-0.39, 0.29) is 12.6 Å². The average Bonchev–Trinajstić information content (AvgIpc) is 3.19. The van der Waals surface area contributed by atoms with Crippen LogP contribution < -0.4 is 15.4 Å². The maximum Gasteiger partial charge on any atom is 0.509 e. The molecule has 1 aliphatic heterocycles. The fourth-order valence-electron chi connectivity index (χ4n) is 3.83. The summed E-state index contributed by atoms with van der Waals surface area (Å²) in [7, 11) is 1.60. The van der Waals surface area contributed by atoms with E-state index < -0.39 is 30.1 Å². The molecule has 2 heterocycles. The van der Waals surface area contributed by atoms with Crippen molar-refractivity contribution >= 4 is 12.2 Å². The molecule has 1 aromatic carbocycles. The van der Waals surface area contributed by atoms with Crippen LogP contribution in [-0.2, 0) is 27.1 Å². The molecule has 1 amide bonds. The molecule has 0 aliphatic carbocycles. The van der Waals surface area contributed by atoms with E-state index in [0.29, 0.717) is 24.9 Å². The molecule has 1 saturated heterocycles. The van der Waals surface area contributed by atoms with E-state index in [0.717, 1.165) is 16.9 Å². The smallest absolute Gasteiger partial charge is 0.497 e. The van der Waals surface area contributed by atoms with Crippen LogP contribution in [0.3, 0.4) is 0 Å². The molecule has 0 bridgehead atoms. The number of nitrogens with zero attached hydrogens (tertiary/aromatic N) is 2. The molecule has 3 rings (SSSR count). The Labute approximate surface area is 210 Å². The van der Waals surface area contributed by atoms with E-state index in [1.165, 1.54) is 6.20 Å². The Balaban J connectivity index is 1.64. The van der Waals surface area contributed by atoms with E-state index in [1.54, 1.807) is 40.1 Å². The van der Waals surface area contributed by atoms with Crippen LogP contribution in [0.4, 0.5) is 9.59 Å². The molecule has 10 heteroatoms. The van der Waals surface area contributed by atoms with Gasteiger partial charge in [0.1, 0.15) is 17.4 Å². The maximum atomic E-state index is 12.7. The molecule has 0 spiro atoms. The first-order valence-electron chi connectivity index (χ1n) is 11.7. The van der Waals surface area contributed by atoms with Gasteiger partial charge in [0.15, 0.2) is 12.2 Å². The highest BCUT2D eigenvalue weighted by Crippen LogP contribution is 2.22. The minimum absolute atomic E-state index is 0.262. The highest BCUT2D eigenvalue weighted by atomic mass is 16.7. The number of rotatable bonds is 8. The molecule has 0 saturated carbocycles. The van der Waals surface area contributed by atoms with Crippen molar-refractivity contribution in [3.05, 3.63) is 59.4 Å². The number of methoxy groups -OCH3 is 1. The first-order valence-corrected chi connectivity index (χ1v) is 11.7. The maximum absolute atomic E-state index is 12.7. The summed E-state index contributed by atoms with van der Waals surface area (Å²) in [5.41, 5.74) is 1.52. The fourth-order valence-corrected chi connectivity index (χ4v) is 3.83. The van der Waals surface area contributed by atoms with Crippen molar-refractivity contribution in [1.29, 1.82) is 5.26 Å². The Morgan fingerprint density at radius 1 is 1.19 bits per heavy atom. The standard InChI is InChI=1S/C26H32N4O6/c1-26(2,3)36-25(32)34-22-16-30-21(13-17-5-7-20(33-4)8-6-17)23(22)35-24(31)29-12-10-18-9-11-28-15-19(18)14-27/h5-9,11,15,21-23,30H,10,12-13,16H2,1-4H3,(H,29,31)/t21-,22+,23+/m1/s1. The van der Waals surface area contributed by atoms with Crippen LogP contribution in [0.15, 0.2) is 42.7 Å². The number of pyridine rings is 1. The Morgan fingerprint density at radius 2 is 1.94 bits per heavy atom. The van der Waals surface area contributed by atoms with Gasteiger partial charge in [-0.1, -0.05) is 12.1 Å². The number of nitrogens with one attached hydrogen (secondary N) is 2. The van der Waals surface area contributed by atoms with E-state index in [4.69, 9.17) is 18.9 Å². The summed E-state index contributed by atoms with van der Waals surface area (Å²) in [4.78, 5) is 28.9. The van der Waals surface area contributed by atoms with E-state index >= 15 is 0 Å². The van der Waals surface area contributed by atoms with Gasteiger partial charge in [0.25, 0.3) is 0 Å². The molecule has 2 N–H and O–H groups in total. The topological polar surface area (TPSA) is 132 Å². The van der Waals surface area contributed by atoms with Crippen LogP contribution in [0.1, 0.15) is 37.5 Å². The van der Waals surface area contributed by atoms with E-state index in [9.17, 15) is 14.9 Å². The number of alkyl carbamates (subject to hydrolysis) is 1. The number of hydrogen-bond acceptors (Lipinski definition) is 9. The van der Waals surface area contributed by atoms with Gasteiger partial charge in [0, 0.05) is 25.5 Å². The van der Waals surface area contributed by atoms with Gasteiger partial charge in [-0.25, -0.2) is 9.59 Å². The van der Waals surface area contributed by atoms with Crippen molar-refractivity contribution in [3.8, 4) is 11.8 Å². The molecule has 192 valence electrons.